The van der Waals surface area contributed by atoms with Crippen molar-refractivity contribution in [1.29, 1.82) is 0 Å². The van der Waals surface area contributed by atoms with E-state index in [1.807, 2.05) is 0 Å². The van der Waals surface area contributed by atoms with Gasteiger partial charge in [-0.15, -0.1) is 11.3 Å². The van der Waals surface area contributed by atoms with Gasteiger partial charge in [0.25, 0.3) is 0 Å². The van der Waals surface area contributed by atoms with E-state index in [1.165, 1.54) is 17.4 Å². The van der Waals surface area contributed by atoms with Gasteiger partial charge in [-0.1, -0.05) is 16.8 Å². The van der Waals surface area contributed by atoms with Crippen molar-refractivity contribution in [3.05, 3.63) is 44.4 Å². The van der Waals surface area contributed by atoms with E-state index in [-0.39, 0.29) is 49.3 Å². The van der Waals surface area contributed by atoms with Gasteiger partial charge in [0.15, 0.2) is 5.84 Å². The third-order valence-corrected chi connectivity index (χ3v) is 8.28. The lowest BCUT2D eigenvalue weighted by molar-refractivity contribution is -0.0494. The highest BCUT2D eigenvalue weighted by atomic mass is 35.5. The van der Waals surface area contributed by atoms with Gasteiger partial charge in [-0.05, 0) is 38.0 Å². The number of aryl methyl sites for hydroxylation is 1. The number of benzene rings is 1. The molecule has 0 bridgehead atoms. The Kier molecular flexibility index (Phi) is 7.22. The molecule has 1 saturated heterocycles. The Morgan fingerprint density at radius 1 is 1.41 bits per heavy atom. The summed E-state index contributed by atoms with van der Waals surface area (Å²) < 4.78 is 67.6. The number of amidine groups is 1. The molecule has 1 fully saturated rings. The summed E-state index contributed by atoms with van der Waals surface area (Å²) in [5, 5.41) is 12.6. The fraction of sp³-hybridized carbons (Fsp3) is 0.444. The Morgan fingerprint density at radius 3 is 2.62 bits per heavy atom. The number of aromatic nitrogens is 1. The Balaban J connectivity index is 1.63. The molecule has 32 heavy (non-hydrogen) atoms. The summed E-state index contributed by atoms with van der Waals surface area (Å²) in [4.78, 5) is 5.35. The number of ether oxygens (including phenoxy) is 1. The van der Waals surface area contributed by atoms with Crippen molar-refractivity contribution in [2.45, 2.75) is 37.8 Å². The Morgan fingerprint density at radius 2 is 2.06 bits per heavy atom. The molecule has 1 aromatic heterocycles. The third kappa shape index (κ3) is 5.11. The van der Waals surface area contributed by atoms with E-state index >= 15 is 0 Å². The second-order valence-electron chi connectivity index (χ2n) is 7.10. The zero-order valence-corrected chi connectivity index (χ0v) is 19.2. The van der Waals surface area contributed by atoms with Gasteiger partial charge in [0.2, 0.25) is 0 Å². The van der Waals surface area contributed by atoms with Crippen molar-refractivity contribution >= 4 is 38.8 Å². The monoisotopic (exact) mass is 512 g/mol. The maximum absolute atomic E-state index is 12.7. The van der Waals surface area contributed by atoms with Crippen molar-refractivity contribution in [2.75, 3.05) is 13.1 Å². The first-order valence-electron chi connectivity index (χ1n) is 9.37. The zero-order chi connectivity index (χ0) is 23.7. The molecule has 176 valence electrons. The molecule has 0 saturated carbocycles. The summed E-state index contributed by atoms with van der Waals surface area (Å²) in [6.45, 7) is 1.59. The molecule has 0 amide bonds. The lowest BCUT2D eigenvalue weighted by Gasteiger charge is -2.30. The average Bonchev–Trinajstić information content (AvgIpc) is 3.11. The molecule has 14 heteroatoms. The minimum Gasteiger partial charge on any atom is -0.488 e. The summed E-state index contributed by atoms with van der Waals surface area (Å²) in [6.07, 6.45) is 0.515. The predicted molar refractivity (Wildman–Crippen MR) is 114 cm³/mol. The van der Waals surface area contributed by atoms with Gasteiger partial charge < -0.3 is 15.7 Å². The van der Waals surface area contributed by atoms with Gasteiger partial charge in [0.05, 0.1) is 20.6 Å². The van der Waals surface area contributed by atoms with E-state index in [2.05, 4.69) is 10.1 Å². The summed E-state index contributed by atoms with van der Waals surface area (Å²) in [5.74, 6) is 0.213. The number of alkyl halides is 3. The number of nitrogens with zero attached hydrogens (tertiary/aromatic N) is 3. The first kappa shape index (κ1) is 24.6. The number of piperidine rings is 1. The zero-order valence-electron chi connectivity index (χ0n) is 16.8. The van der Waals surface area contributed by atoms with Gasteiger partial charge >= 0.3 is 15.5 Å². The maximum atomic E-state index is 12.7. The lowest BCUT2D eigenvalue weighted by atomic mass is 9.99. The van der Waals surface area contributed by atoms with Gasteiger partial charge in [-0.2, -0.15) is 17.5 Å². The van der Waals surface area contributed by atoms with E-state index in [9.17, 15) is 21.6 Å². The number of hydrogen-bond donors (Lipinski definition) is 2. The van der Waals surface area contributed by atoms with Crippen LogP contribution in [0.2, 0.25) is 5.02 Å². The number of sulfonamides is 1. The normalized spacial score (nSPS) is 17.0. The molecule has 0 radical (unpaired) electrons. The van der Waals surface area contributed by atoms with Gasteiger partial charge in [0, 0.05) is 24.6 Å². The highest BCUT2D eigenvalue weighted by Gasteiger charge is 2.50. The van der Waals surface area contributed by atoms with Crippen LogP contribution in [0.4, 0.5) is 13.2 Å². The molecule has 1 aliphatic rings. The number of hydrogen-bond acceptors (Lipinski definition) is 7. The van der Waals surface area contributed by atoms with Crippen LogP contribution in [0.15, 0.2) is 23.4 Å². The molecule has 3 rings (SSSR count). The number of thiazole rings is 1. The molecule has 2 aromatic rings. The summed E-state index contributed by atoms with van der Waals surface area (Å²) in [7, 11) is -5.30. The smallest absolute Gasteiger partial charge is 0.488 e. The van der Waals surface area contributed by atoms with Crippen LogP contribution in [0.3, 0.4) is 0 Å². The van der Waals surface area contributed by atoms with Crippen LogP contribution in [0.25, 0.3) is 0 Å². The van der Waals surface area contributed by atoms with Crippen LogP contribution in [0.1, 0.15) is 39.9 Å². The van der Waals surface area contributed by atoms with Crippen molar-refractivity contribution in [3.8, 4) is 5.75 Å². The minimum absolute atomic E-state index is 0.124. The van der Waals surface area contributed by atoms with E-state index in [4.69, 9.17) is 27.3 Å². The minimum atomic E-state index is -5.30. The van der Waals surface area contributed by atoms with E-state index in [0.29, 0.717) is 15.6 Å². The quantitative estimate of drug-likeness (QED) is 0.263. The molecular formula is C18H20ClF3N4O4S2. The molecule has 1 aromatic carbocycles. The highest BCUT2D eigenvalue weighted by molar-refractivity contribution is 7.90. The van der Waals surface area contributed by atoms with E-state index < -0.39 is 15.5 Å². The van der Waals surface area contributed by atoms with Crippen molar-refractivity contribution in [1.82, 2.24) is 9.29 Å². The molecular weight excluding hydrogens is 493 g/mol. The fourth-order valence-corrected chi connectivity index (χ4v) is 5.64. The Hall–Kier alpha value is -2.09. The second kappa shape index (κ2) is 9.41. The molecule has 0 atom stereocenters. The lowest BCUT2D eigenvalue weighted by Crippen LogP contribution is -2.44. The number of oxime groups is 1. The molecule has 0 aliphatic carbocycles. The topological polar surface area (TPSA) is 118 Å². The van der Waals surface area contributed by atoms with Crippen LogP contribution in [-0.2, 0) is 16.6 Å². The highest BCUT2D eigenvalue weighted by Crippen LogP contribution is 2.36. The Bertz CT molecular complexity index is 1110. The summed E-state index contributed by atoms with van der Waals surface area (Å²) >= 11 is 7.50. The largest absolute Gasteiger partial charge is 0.511 e. The van der Waals surface area contributed by atoms with Gasteiger partial charge in [0.1, 0.15) is 12.4 Å². The summed E-state index contributed by atoms with van der Waals surface area (Å²) in [5.41, 5.74) is 1.33. The number of halogens is 4. The third-order valence-electron chi connectivity index (χ3n) is 5.04. The first-order chi connectivity index (χ1) is 14.9. The van der Waals surface area contributed by atoms with Crippen molar-refractivity contribution < 1.29 is 31.5 Å². The maximum Gasteiger partial charge on any atom is 0.511 e. The molecule has 0 unspecified atom stereocenters. The molecule has 0 spiro atoms. The van der Waals surface area contributed by atoms with Crippen LogP contribution in [0, 0.1) is 6.92 Å². The molecule has 8 nitrogen and oxygen atoms in total. The SMILES string of the molecule is Cc1nc(C2CCN(S(=O)(=O)C(F)(F)F)CC2)sc1COc1ccc(/C(N)=N/O)c(Cl)c1. The van der Waals surface area contributed by atoms with Crippen molar-refractivity contribution in [3.63, 3.8) is 0 Å². The molecule has 3 N–H and O–H groups in total. The van der Waals surface area contributed by atoms with Crippen LogP contribution >= 0.6 is 22.9 Å². The predicted octanol–water partition coefficient (Wildman–Crippen LogP) is 3.81. The van der Waals surface area contributed by atoms with E-state index in [1.54, 1.807) is 19.1 Å². The number of nitrogens with two attached hydrogens (primary N) is 1. The molecule has 1 aliphatic heterocycles. The van der Waals surface area contributed by atoms with Gasteiger partial charge in [-0.3, -0.25) is 0 Å². The second-order valence-corrected chi connectivity index (χ2v) is 10.6. The fourth-order valence-electron chi connectivity index (χ4n) is 3.24. The van der Waals surface area contributed by atoms with Crippen LogP contribution in [0.5, 0.6) is 5.75 Å². The average molecular weight is 513 g/mol. The first-order valence-corrected chi connectivity index (χ1v) is 12.0. The van der Waals surface area contributed by atoms with Gasteiger partial charge in [-0.25, -0.2) is 13.4 Å². The summed E-state index contributed by atoms with van der Waals surface area (Å²) in [6, 6.07) is 4.71. The van der Waals surface area contributed by atoms with Crippen molar-refractivity contribution in [2.24, 2.45) is 10.9 Å². The molecule has 2 heterocycles. The standard InChI is InChI=1S/C18H20ClF3N4O4S2/c1-10-15(9-30-12-2-3-13(14(19)8-12)16(23)25-27)31-17(24-10)11-4-6-26(7-5-11)32(28,29)18(20,21)22/h2-3,8,11,27H,4-7,9H2,1H3,(H2,23,25). The Labute approximate surface area is 191 Å². The van der Waals surface area contributed by atoms with Crippen LogP contribution < -0.4 is 10.5 Å². The van der Waals surface area contributed by atoms with E-state index in [0.717, 1.165) is 15.6 Å². The number of rotatable bonds is 6. The van der Waals surface area contributed by atoms with Crippen LogP contribution in [-0.4, -0.2) is 47.3 Å².